The van der Waals surface area contributed by atoms with Crippen molar-refractivity contribution < 1.29 is 9.32 Å². The van der Waals surface area contributed by atoms with Gasteiger partial charge in [-0.25, -0.2) is 0 Å². The maximum absolute atomic E-state index is 11.7. The van der Waals surface area contributed by atoms with Crippen LogP contribution in [0.1, 0.15) is 5.69 Å². The number of benzene rings is 1. The van der Waals surface area contributed by atoms with Gasteiger partial charge in [-0.3, -0.25) is 9.69 Å². The summed E-state index contributed by atoms with van der Waals surface area (Å²) in [5, 5.41) is 4.09. The lowest BCUT2D eigenvalue weighted by molar-refractivity contribution is -0.134. The summed E-state index contributed by atoms with van der Waals surface area (Å²) in [6.45, 7) is 2.73. The molecule has 20 heavy (non-hydrogen) atoms. The Kier molecular flexibility index (Phi) is 3.52. The molecular weight excluding hydrogens is 254 g/mol. The highest BCUT2D eigenvalue weighted by Crippen LogP contribution is 2.20. The zero-order valence-electron chi connectivity index (χ0n) is 11.5. The monoisotopic (exact) mass is 271 g/mol. The van der Waals surface area contributed by atoms with E-state index in [0.29, 0.717) is 13.1 Å². The first-order valence-corrected chi connectivity index (χ1v) is 6.70. The Morgan fingerprint density at radius 1 is 1.25 bits per heavy atom. The van der Waals surface area contributed by atoms with Crippen LogP contribution in [0.15, 0.2) is 40.9 Å². The number of likely N-dealkylation sites (N-methyl/N-ethyl adjacent to an activating group) is 1. The number of hydrogen-bond donors (Lipinski definition) is 0. The van der Waals surface area contributed by atoms with Crippen molar-refractivity contribution in [1.29, 1.82) is 0 Å². The standard InChI is InChI=1S/C15H17N3O2/c1-17-7-8-18(11-15(17)19)10-13-9-14(20-16-13)12-5-3-2-4-6-12/h2-6,9H,7-8,10-11H2,1H3. The van der Waals surface area contributed by atoms with Crippen LogP contribution in [-0.2, 0) is 11.3 Å². The van der Waals surface area contributed by atoms with Crippen LogP contribution >= 0.6 is 0 Å². The fraction of sp³-hybridized carbons (Fsp3) is 0.333. The second-order valence-electron chi connectivity index (χ2n) is 5.07. The molecule has 1 fully saturated rings. The first-order valence-electron chi connectivity index (χ1n) is 6.70. The Morgan fingerprint density at radius 2 is 2.05 bits per heavy atom. The number of aromatic nitrogens is 1. The highest BCUT2D eigenvalue weighted by atomic mass is 16.5. The SMILES string of the molecule is CN1CCN(Cc2cc(-c3ccccc3)on2)CC1=O. The van der Waals surface area contributed by atoms with Crippen LogP contribution in [0, 0.1) is 0 Å². The fourth-order valence-electron chi connectivity index (χ4n) is 2.30. The predicted octanol–water partition coefficient (Wildman–Crippen LogP) is 1.62. The number of hydrogen-bond acceptors (Lipinski definition) is 4. The van der Waals surface area contributed by atoms with E-state index in [1.54, 1.807) is 4.90 Å². The van der Waals surface area contributed by atoms with Crippen LogP contribution < -0.4 is 0 Å². The maximum atomic E-state index is 11.7. The molecule has 1 aliphatic rings. The van der Waals surface area contributed by atoms with Gasteiger partial charge in [0, 0.05) is 38.3 Å². The van der Waals surface area contributed by atoms with Gasteiger partial charge in [0.1, 0.15) is 0 Å². The van der Waals surface area contributed by atoms with Gasteiger partial charge >= 0.3 is 0 Å². The molecule has 5 nitrogen and oxygen atoms in total. The average Bonchev–Trinajstić information content (AvgIpc) is 2.92. The molecule has 1 aromatic carbocycles. The van der Waals surface area contributed by atoms with Crippen molar-refractivity contribution >= 4 is 5.91 Å². The molecule has 0 bridgehead atoms. The largest absolute Gasteiger partial charge is 0.356 e. The Morgan fingerprint density at radius 3 is 2.80 bits per heavy atom. The third-order valence-corrected chi connectivity index (χ3v) is 3.54. The van der Waals surface area contributed by atoms with Crippen molar-refractivity contribution in [3.8, 4) is 11.3 Å². The van der Waals surface area contributed by atoms with Gasteiger partial charge in [-0.1, -0.05) is 35.5 Å². The van der Waals surface area contributed by atoms with E-state index in [4.69, 9.17) is 4.52 Å². The second kappa shape index (κ2) is 5.46. The van der Waals surface area contributed by atoms with E-state index in [9.17, 15) is 4.79 Å². The minimum Gasteiger partial charge on any atom is -0.356 e. The van der Waals surface area contributed by atoms with E-state index in [0.717, 1.165) is 30.1 Å². The molecule has 1 saturated heterocycles. The third kappa shape index (κ3) is 2.72. The van der Waals surface area contributed by atoms with Gasteiger partial charge in [0.2, 0.25) is 5.91 Å². The minimum atomic E-state index is 0.156. The molecule has 0 spiro atoms. The molecule has 0 unspecified atom stereocenters. The molecule has 0 aliphatic carbocycles. The molecule has 0 radical (unpaired) electrons. The van der Waals surface area contributed by atoms with Gasteiger partial charge < -0.3 is 9.42 Å². The van der Waals surface area contributed by atoms with Crippen molar-refractivity contribution in [1.82, 2.24) is 15.0 Å². The molecule has 104 valence electrons. The molecule has 1 amide bonds. The van der Waals surface area contributed by atoms with Gasteiger partial charge in [0.05, 0.1) is 12.2 Å². The topological polar surface area (TPSA) is 49.6 Å². The Labute approximate surface area is 117 Å². The highest BCUT2D eigenvalue weighted by Gasteiger charge is 2.21. The van der Waals surface area contributed by atoms with Gasteiger partial charge in [-0.05, 0) is 0 Å². The Balaban J connectivity index is 1.67. The molecule has 0 saturated carbocycles. The first-order chi connectivity index (χ1) is 9.72. The summed E-state index contributed by atoms with van der Waals surface area (Å²) >= 11 is 0. The molecule has 2 aromatic rings. The maximum Gasteiger partial charge on any atom is 0.236 e. The average molecular weight is 271 g/mol. The van der Waals surface area contributed by atoms with Gasteiger partial charge in [0.15, 0.2) is 5.76 Å². The van der Waals surface area contributed by atoms with Crippen LogP contribution in [0.3, 0.4) is 0 Å². The number of rotatable bonds is 3. The van der Waals surface area contributed by atoms with E-state index in [-0.39, 0.29) is 5.91 Å². The number of amides is 1. The van der Waals surface area contributed by atoms with Crippen LogP contribution in [0.25, 0.3) is 11.3 Å². The van der Waals surface area contributed by atoms with Gasteiger partial charge in [-0.2, -0.15) is 0 Å². The molecule has 0 N–H and O–H groups in total. The number of piperazine rings is 1. The van der Waals surface area contributed by atoms with E-state index >= 15 is 0 Å². The van der Waals surface area contributed by atoms with Crippen molar-refractivity contribution in [2.75, 3.05) is 26.7 Å². The number of carbonyl (C=O) groups is 1. The summed E-state index contributed by atoms with van der Waals surface area (Å²) in [6, 6.07) is 11.8. The lowest BCUT2D eigenvalue weighted by Crippen LogP contribution is -2.48. The lowest BCUT2D eigenvalue weighted by atomic mass is 10.1. The summed E-state index contributed by atoms with van der Waals surface area (Å²) in [5.41, 5.74) is 1.88. The zero-order chi connectivity index (χ0) is 13.9. The molecule has 5 heteroatoms. The molecule has 1 aromatic heterocycles. The van der Waals surface area contributed by atoms with Crippen LogP contribution in [0.4, 0.5) is 0 Å². The van der Waals surface area contributed by atoms with Crippen LogP contribution in [-0.4, -0.2) is 47.5 Å². The molecule has 0 atom stereocenters. The number of carbonyl (C=O) groups excluding carboxylic acids is 1. The minimum absolute atomic E-state index is 0.156. The smallest absolute Gasteiger partial charge is 0.236 e. The highest BCUT2D eigenvalue weighted by molar-refractivity contribution is 5.78. The van der Waals surface area contributed by atoms with Crippen LogP contribution in [0.5, 0.6) is 0 Å². The van der Waals surface area contributed by atoms with E-state index in [2.05, 4.69) is 10.1 Å². The third-order valence-electron chi connectivity index (χ3n) is 3.54. The van der Waals surface area contributed by atoms with E-state index in [1.807, 2.05) is 43.4 Å². The van der Waals surface area contributed by atoms with Crippen molar-refractivity contribution in [2.24, 2.45) is 0 Å². The lowest BCUT2D eigenvalue weighted by Gasteiger charge is -2.31. The van der Waals surface area contributed by atoms with E-state index < -0.39 is 0 Å². The molecular formula is C15H17N3O2. The molecule has 3 rings (SSSR count). The van der Waals surface area contributed by atoms with Crippen molar-refractivity contribution in [3.63, 3.8) is 0 Å². The van der Waals surface area contributed by atoms with E-state index in [1.165, 1.54) is 0 Å². The summed E-state index contributed by atoms with van der Waals surface area (Å²) in [5.74, 6) is 0.920. The number of nitrogens with zero attached hydrogens (tertiary/aromatic N) is 3. The first kappa shape index (κ1) is 12.9. The quantitative estimate of drug-likeness (QED) is 0.851. The summed E-state index contributed by atoms with van der Waals surface area (Å²) in [7, 11) is 1.84. The summed E-state index contributed by atoms with van der Waals surface area (Å²) in [4.78, 5) is 15.5. The summed E-state index contributed by atoms with van der Waals surface area (Å²) < 4.78 is 5.37. The predicted molar refractivity (Wildman–Crippen MR) is 74.9 cm³/mol. The van der Waals surface area contributed by atoms with Gasteiger partial charge in [0.25, 0.3) is 0 Å². The van der Waals surface area contributed by atoms with Crippen molar-refractivity contribution in [2.45, 2.75) is 6.54 Å². The van der Waals surface area contributed by atoms with Gasteiger partial charge in [-0.15, -0.1) is 0 Å². The Bertz CT molecular complexity index is 594. The molecule has 1 aliphatic heterocycles. The fourth-order valence-corrected chi connectivity index (χ4v) is 2.30. The molecule has 2 heterocycles. The van der Waals surface area contributed by atoms with Crippen LogP contribution in [0.2, 0.25) is 0 Å². The summed E-state index contributed by atoms with van der Waals surface area (Å²) in [6.07, 6.45) is 0. The second-order valence-corrected chi connectivity index (χ2v) is 5.07. The normalized spacial score (nSPS) is 16.6. The van der Waals surface area contributed by atoms with Crippen molar-refractivity contribution in [3.05, 3.63) is 42.1 Å². The Hall–Kier alpha value is -2.14. The zero-order valence-corrected chi connectivity index (χ0v) is 11.5.